The number of ether oxygens (including phenoxy) is 1. The lowest BCUT2D eigenvalue weighted by molar-refractivity contribution is -0.384. The molecule has 21 heavy (non-hydrogen) atoms. The fraction of sp³-hybridized carbons (Fsp3) is 0.600. The topological polar surface area (TPSA) is 67.6 Å². The summed E-state index contributed by atoms with van der Waals surface area (Å²) in [6, 6.07) is 5.50. The van der Waals surface area contributed by atoms with Gasteiger partial charge in [-0.15, -0.1) is 0 Å². The summed E-state index contributed by atoms with van der Waals surface area (Å²) in [6.45, 7) is 5.56. The third kappa shape index (κ3) is 3.16. The van der Waals surface area contributed by atoms with Gasteiger partial charge in [0.15, 0.2) is 0 Å². The normalized spacial score (nSPS) is 25.6. The van der Waals surface area contributed by atoms with Gasteiger partial charge in [-0.3, -0.25) is 15.0 Å². The molecule has 0 aromatic heterocycles. The van der Waals surface area contributed by atoms with E-state index < -0.39 is 0 Å². The number of anilines is 1. The average molecular weight is 291 g/mol. The Morgan fingerprint density at radius 1 is 1.52 bits per heavy atom. The Morgan fingerprint density at radius 3 is 3.19 bits per heavy atom. The first-order chi connectivity index (χ1) is 10.1. The lowest BCUT2D eigenvalue weighted by Crippen LogP contribution is -2.48. The molecule has 1 aromatic carbocycles. The maximum atomic E-state index is 10.8. The number of aryl methyl sites for hydroxylation is 1. The lowest BCUT2D eigenvalue weighted by atomic mass is 10.1. The molecule has 6 heteroatoms. The zero-order valence-corrected chi connectivity index (χ0v) is 12.2. The molecule has 2 fully saturated rings. The van der Waals surface area contributed by atoms with Crippen molar-refractivity contribution >= 4 is 11.4 Å². The maximum Gasteiger partial charge on any atom is 0.271 e. The van der Waals surface area contributed by atoms with Gasteiger partial charge in [-0.1, -0.05) is 6.07 Å². The molecule has 2 atom stereocenters. The molecule has 2 aliphatic heterocycles. The van der Waals surface area contributed by atoms with E-state index in [4.69, 9.17) is 4.74 Å². The number of nitrogens with zero attached hydrogens (tertiary/aromatic N) is 2. The first-order valence-corrected chi connectivity index (χ1v) is 7.48. The van der Waals surface area contributed by atoms with Crippen LogP contribution in [-0.2, 0) is 4.74 Å². The van der Waals surface area contributed by atoms with Crippen molar-refractivity contribution < 1.29 is 9.66 Å². The van der Waals surface area contributed by atoms with E-state index in [0.29, 0.717) is 12.6 Å². The average Bonchev–Trinajstić information content (AvgIpc) is 2.93. The highest BCUT2D eigenvalue weighted by atomic mass is 16.6. The third-order valence-electron chi connectivity index (χ3n) is 4.41. The van der Waals surface area contributed by atoms with Gasteiger partial charge in [0.2, 0.25) is 0 Å². The van der Waals surface area contributed by atoms with Gasteiger partial charge in [-0.05, 0) is 31.9 Å². The molecule has 6 nitrogen and oxygen atoms in total. The molecule has 1 aromatic rings. The molecule has 2 aliphatic rings. The van der Waals surface area contributed by atoms with Gasteiger partial charge in [-0.2, -0.15) is 0 Å². The standard InChI is InChI=1S/C15H21N3O3/c1-11-4-5-12(18(19)20)7-15(11)16-8-14-9-17-6-2-3-13(17)10-21-14/h4-5,7,13-14,16H,2-3,6,8-10H2,1H3. The molecule has 2 heterocycles. The Kier molecular flexibility index (Phi) is 4.07. The van der Waals surface area contributed by atoms with Crippen molar-refractivity contribution in [2.45, 2.75) is 31.9 Å². The molecule has 0 saturated carbocycles. The largest absolute Gasteiger partial charge is 0.382 e. The highest BCUT2D eigenvalue weighted by Crippen LogP contribution is 2.24. The number of nitro benzene ring substituents is 1. The number of nitrogens with one attached hydrogen (secondary N) is 1. The summed E-state index contributed by atoms with van der Waals surface area (Å²) in [4.78, 5) is 13.0. The molecule has 0 spiro atoms. The SMILES string of the molecule is Cc1ccc([N+](=O)[O-])cc1NCC1CN2CCCC2CO1. The summed E-state index contributed by atoms with van der Waals surface area (Å²) in [5.41, 5.74) is 1.94. The molecule has 2 unspecified atom stereocenters. The zero-order valence-electron chi connectivity index (χ0n) is 12.2. The van der Waals surface area contributed by atoms with Crippen LogP contribution in [0.2, 0.25) is 0 Å². The monoisotopic (exact) mass is 291 g/mol. The van der Waals surface area contributed by atoms with Crippen molar-refractivity contribution in [3.05, 3.63) is 33.9 Å². The molecule has 0 bridgehead atoms. The van der Waals surface area contributed by atoms with Gasteiger partial charge in [0.25, 0.3) is 5.69 Å². The van der Waals surface area contributed by atoms with Crippen LogP contribution in [0.3, 0.4) is 0 Å². The van der Waals surface area contributed by atoms with Crippen molar-refractivity contribution in [2.75, 3.05) is 31.6 Å². The number of hydrogen-bond donors (Lipinski definition) is 1. The van der Waals surface area contributed by atoms with E-state index in [1.54, 1.807) is 12.1 Å². The molecule has 1 N–H and O–H groups in total. The van der Waals surface area contributed by atoms with Crippen molar-refractivity contribution in [3.8, 4) is 0 Å². The summed E-state index contributed by atoms with van der Waals surface area (Å²) >= 11 is 0. The van der Waals surface area contributed by atoms with Crippen LogP contribution in [-0.4, -0.2) is 48.2 Å². The number of rotatable bonds is 4. The molecule has 2 saturated heterocycles. The van der Waals surface area contributed by atoms with Crippen LogP contribution < -0.4 is 5.32 Å². The summed E-state index contributed by atoms with van der Waals surface area (Å²) in [6.07, 6.45) is 2.65. The molecular weight excluding hydrogens is 270 g/mol. The van der Waals surface area contributed by atoms with Crippen molar-refractivity contribution in [1.82, 2.24) is 4.90 Å². The molecule has 0 amide bonds. The Morgan fingerprint density at radius 2 is 2.38 bits per heavy atom. The van der Waals surface area contributed by atoms with E-state index in [0.717, 1.165) is 24.4 Å². The van der Waals surface area contributed by atoms with Crippen LogP contribution in [0.15, 0.2) is 18.2 Å². The molecule has 114 valence electrons. The fourth-order valence-electron chi connectivity index (χ4n) is 3.15. The quantitative estimate of drug-likeness (QED) is 0.680. The Bertz CT molecular complexity index is 535. The first-order valence-electron chi connectivity index (χ1n) is 7.48. The lowest BCUT2D eigenvalue weighted by Gasteiger charge is -2.35. The highest BCUT2D eigenvalue weighted by molar-refractivity contribution is 5.56. The minimum atomic E-state index is -0.365. The van der Waals surface area contributed by atoms with E-state index in [1.807, 2.05) is 6.92 Å². The van der Waals surface area contributed by atoms with Crippen LogP contribution >= 0.6 is 0 Å². The molecule has 0 radical (unpaired) electrons. The predicted molar refractivity (Wildman–Crippen MR) is 80.7 cm³/mol. The summed E-state index contributed by atoms with van der Waals surface area (Å²) in [7, 11) is 0. The van der Waals surface area contributed by atoms with E-state index in [2.05, 4.69) is 10.2 Å². The minimum absolute atomic E-state index is 0.118. The van der Waals surface area contributed by atoms with Gasteiger partial charge in [0.1, 0.15) is 0 Å². The second kappa shape index (κ2) is 5.99. The number of nitro groups is 1. The number of morpholine rings is 1. The number of benzene rings is 1. The molecule has 3 rings (SSSR count). The highest BCUT2D eigenvalue weighted by Gasteiger charge is 2.32. The zero-order chi connectivity index (χ0) is 14.8. The summed E-state index contributed by atoms with van der Waals surface area (Å²) < 4.78 is 5.89. The van der Waals surface area contributed by atoms with Crippen molar-refractivity contribution in [2.24, 2.45) is 0 Å². The van der Waals surface area contributed by atoms with E-state index >= 15 is 0 Å². The smallest absolute Gasteiger partial charge is 0.271 e. The van der Waals surface area contributed by atoms with Gasteiger partial charge >= 0.3 is 0 Å². The van der Waals surface area contributed by atoms with Crippen LogP contribution in [0, 0.1) is 17.0 Å². The van der Waals surface area contributed by atoms with Crippen LogP contribution in [0.4, 0.5) is 11.4 Å². The Hall–Kier alpha value is -1.66. The number of non-ortho nitro benzene ring substituents is 1. The second-order valence-electron chi connectivity index (χ2n) is 5.88. The number of hydrogen-bond acceptors (Lipinski definition) is 5. The third-order valence-corrected chi connectivity index (χ3v) is 4.41. The predicted octanol–water partition coefficient (Wildman–Crippen LogP) is 2.18. The summed E-state index contributed by atoms with van der Waals surface area (Å²) in [5, 5.41) is 14.1. The van der Waals surface area contributed by atoms with Crippen LogP contribution in [0.5, 0.6) is 0 Å². The van der Waals surface area contributed by atoms with Gasteiger partial charge < -0.3 is 10.1 Å². The van der Waals surface area contributed by atoms with Crippen LogP contribution in [0.25, 0.3) is 0 Å². The van der Waals surface area contributed by atoms with Crippen molar-refractivity contribution in [3.63, 3.8) is 0 Å². The van der Waals surface area contributed by atoms with Crippen LogP contribution in [0.1, 0.15) is 18.4 Å². The fourth-order valence-corrected chi connectivity index (χ4v) is 3.15. The summed E-state index contributed by atoms with van der Waals surface area (Å²) in [5.74, 6) is 0. The van der Waals surface area contributed by atoms with Gasteiger partial charge in [0.05, 0.1) is 17.6 Å². The van der Waals surface area contributed by atoms with Gasteiger partial charge in [0, 0.05) is 37.0 Å². The van der Waals surface area contributed by atoms with Crippen molar-refractivity contribution in [1.29, 1.82) is 0 Å². The molecule has 0 aliphatic carbocycles. The van der Waals surface area contributed by atoms with E-state index in [1.165, 1.54) is 25.5 Å². The van der Waals surface area contributed by atoms with E-state index in [-0.39, 0.29) is 16.7 Å². The molecular formula is C15H21N3O3. The first kappa shape index (κ1) is 14.3. The minimum Gasteiger partial charge on any atom is -0.382 e. The maximum absolute atomic E-state index is 10.8. The Labute approximate surface area is 124 Å². The second-order valence-corrected chi connectivity index (χ2v) is 5.88. The van der Waals surface area contributed by atoms with E-state index in [9.17, 15) is 10.1 Å². The van der Waals surface area contributed by atoms with Gasteiger partial charge in [-0.25, -0.2) is 0 Å². The number of fused-ring (bicyclic) bond motifs is 1. The Balaban J connectivity index is 1.60.